The van der Waals surface area contributed by atoms with E-state index in [4.69, 9.17) is 25.8 Å². The Labute approximate surface area is 124 Å². The zero-order chi connectivity index (χ0) is 15.5. The van der Waals surface area contributed by atoms with E-state index in [0.29, 0.717) is 22.8 Å². The maximum absolute atomic E-state index is 11.7. The zero-order valence-corrected chi connectivity index (χ0v) is 13.7. The number of rotatable bonds is 6. The first kappa shape index (κ1) is 16.9. The largest absolute Gasteiger partial charge is 0.496 e. The number of ether oxygens (including phenoxy) is 3. The first-order valence-corrected chi connectivity index (χ1v) is 8.28. The lowest BCUT2D eigenvalue weighted by Crippen LogP contribution is -2.22. The lowest BCUT2D eigenvalue weighted by Gasteiger charge is -2.22. The molecule has 0 radical (unpaired) electrons. The van der Waals surface area contributed by atoms with E-state index in [1.807, 2.05) is 0 Å². The van der Waals surface area contributed by atoms with Gasteiger partial charge in [0.05, 0.1) is 37.5 Å². The van der Waals surface area contributed by atoms with E-state index in [1.54, 1.807) is 19.1 Å². The van der Waals surface area contributed by atoms with Crippen LogP contribution in [0.3, 0.4) is 0 Å². The van der Waals surface area contributed by atoms with Crippen LogP contribution in [0.25, 0.3) is 0 Å². The lowest BCUT2D eigenvalue weighted by atomic mass is 10.1. The first-order chi connectivity index (χ1) is 9.26. The van der Waals surface area contributed by atoms with Gasteiger partial charge in [-0.2, -0.15) is 0 Å². The molecule has 1 aromatic carbocycles. The summed E-state index contributed by atoms with van der Waals surface area (Å²) in [5.41, 5.74) is 0.496. The van der Waals surface area contributed by atoms with Crippen molar-refractivity contribution < 1.29 is 22.6 Å². The minimum absolute atomic E-state index is 0.428. The molecule has 0 aromatic heterocycles. The van der Waals surface area contributed by atoms with E-state index in [-0.39, 0.29) is 0 Å². The molecule has 7 heteroatoms. The molecule has 0 aliphatic heterocycles. The van der Waals surface area contributed by atoms with Crippen molar-refractivity contribution in [1.29, 1.82) is 0 Å². The summed E-state index contributed by atoms with van der Waals surface area (Å²) in [5, 5.41) is -1.57. The molecule has 1 rings (SSSR count). The Morgan fingerprint density at radius 2 is 1.50 bits per heavy atom. The first-order valence-electron chi connectivity index (χ1n) is 5.89. The molecule has 5 nitrogen and oxygen atoms in total. The second kappa shape index (κ2) is 6.54. The molecule has 20 heavy (non-hydrogen) atoms. The van der Waals surface area contributed by atoms with E-state index in [0.717, 1.165) is 6.26 Å². The highest BCUT2D eigenvalue weighted by atomic mass is 35.5. The summed E-state index contributed by atoms with van der Waals surface area (Å²) >= 11 is 6.32. The van der Waals surface area contributed by atoms with Gasteiger partial charge in [0.1, 0.15) is 17.2 Å². The molecule has 0 N–H and O–H groups in total. The third kappa shape index (κ3) is 3.49. The molecule has 114 valence electrons. The van der Waals surface area contributed by atoms with Crippen molar-refractivity contribution in [3.05, 3.63) is 17.7 Å². The van der Waals surface area contributed by atoms with Crippen LogP contribution in [-0.2, 0) is 9.84 Å². The third-order valence-electron chi connectivity index (χ3n) is 3.12. The molecule has 0 heterocycles. The van der Waals surface area contributed by atoms with Crippen molar-refractivity contribution in [2.75, 3.05) is 27.6 Å². The van der Waals surface area contributed by atoms with Crippen molar-refractivity contribution in [3.63, 3.8) is 0 Å². The van der Waals surface area contributed by atoms with Crippen LogP contribution in [-0.4, -0.2) is 41.3 Å². The van der Waals surface area contributed by atoms with Gasteiger partial charge in [-0.3, -0.25) is 0 Å². The van der Waals surface area contributed by atoms with Crippen LogP contribution >= 0.6 is 11.6 Å². The Bertz CT molecular complexity index is 545. The summed E-state index contributed by atoms with van der Waals surface area (Å²) in [5.74, 6) is 1.40. The van der Waals surface area contributed by atoms with Crippen LogP contribution in [0.2, 0.25) is 0 Å². The predicted octanol–water partition coefficient (Wildman–Crippen LogP) is 2.43. The highest BCUT2D eigenvalue weighted by molar-refractivity contribution is 7.91. The number of alkyl halides is 1. The number of hydrogen-bond donors (Lipinski definition) is 0. The van der Waals surface area contributed by atoms with Crippen LogP contribution in [0.15, 0.2) is 12.1 Å². The average Bonchev–Trinajstić information content (AvgIpc) is 2.42. The standard InChI is InChI=1S/C13H19ClO5S/c1-8(20(5,15)16)13(14)12-10(18-3)6-9(17-2)7-11(12)19-4/h6-8,13H,1-5H3. The van der Waals surface area contributed by atoms with Gasteiger partial charge in [-0.25, -0.2) is 8.42 Å². The maximum Gasteiger partial charge on any atom is 0.151 e. The van der Waals surface area contributed by atoms with Crippen LogP contribution in [0, 0.1) is 0 Å². The topological polar surface area (TPSA) is 61.8 Å². The molecule has 1 aromatic rings. The van der Waals surface area contributed by atoms with Gasteiger partial charge < -0.3 is 14.2 Å². The zero-order valence-electron chi connectivity index (χ0n) is 12.1. The number of benzene rings is 1. The van der Waals surface area contributed by atoms with Gasteiger partial charge in [-0.15, -0.1) is 11.6 Å². The molecule has 0 bridgehead atoms. The fourth-order valence-corrected chi connectivity index (χ4v) is 3.10. The summed E-state index contributed by atoms with van der Waals surface area (Å²) in [4.78, 5) is 0. The maximum atomic E-state index is 11.7. The Kier molecular flexibility index (Phi) is 5.53. The summed E-state index contributed by atoms with van der Waals surface area (Å²) in [6.07, 6.45) is 1.15. The lowest BCUT2D eigenvalue weighted by molar-refractivity contribution is 0.367. The average molecular weight is 323 g/mol. The van der Waals surface area contributed by atoms with E-state index in [2.05, 4.69) is 0 Å². The number of hydrogen-bond acceptors (Lipinski definition) is 5. The SMILES string of the molecule is COc1cc(OC)c(C(Cl)C(C)S(C)(=O)=O)c(OC)c1. The fourth-order valence-electron chi connectivity index (χ4n) is 1.76. The highest BCUT2D eigenvalue weighted by Gasteiger charge is 2.31. The molecule has 0 spiro atoms. The van der Waals surface area contributed by atoms with Gasteiger partial charge in [0, 0.05) is 18.4 Å². The van der Waals surface area contributed by atoms with E-state index in [1.165, 1.54) is 21.3 Å². The Morgan fingerprint density at radius 1 is 1.05 bits per heavy atom. The molecule has 0 aliphatic carbocycles. The van der Waals surface area contributed by atoms with Crippen LogP contribution in [0.5, 0.6) is 17.2 Å². The van der Waals surface area contributed by atoms with Crippen LogP contribution in [0.1, 0.15) is 17.9 Å². The van der Waals surface area contributed by atoms with E-state index >= 15 is 0 Å². The molecule has 0 aliphatic rings. The smallest absolute Gasteiger partial charge is 0.151 e. The number of sulfone groups is 1. The molecular weight excluding hydrogens is 304 g/mol. The van der Waals surface area contributed by atoms with Crippen molar-refractivity contribution in [3.8, 4) is 17.2 Å². The fraction of sp³-hybridized carbons (Fsp3) is 0.538. The van der Waals surface area contributed by atoms with Gasteiger partial charge in [0.15, 0.2) is 9.84 Å². The summed E-state index contributed by atoms with van der Waals surface area (Å²) in [6.45, 7) is 1.55. The van der Waals surface area contributed by atoms with Gasteiger partial charge in [-0.1, -0.05) is 0 Å². The van der Waals surface area contributed by atoms with Crippen LogP contribution < -0.4 is 14.2 Å². The minimum Gasteiger partial charge on any atom is -0.496 e. The minimum atomic E-state index is -3.29. The molecule has 0 fully saturated rings. The summed E-state index contributed by atoms with van der Waals surface area (Å²) < 4.78 is 39.0. The third-order valence-corrected chi connectivity index (χ3v) is 5.48. The van der Waals surface area contributed by atoms with Crippen LogP contribution in [0.4, 0.5) is 0 Å². The number of methoxy groups -OCH3 is 3. The monoisotopic (exact) mass is 322 g/mol. The van der Waals surface area contributed by atoms with Crippen molar-refractivity contribution in [2.45, 2.75) is 17.6 Å². The second-order valence-corrected chi connectivity index (χ2v) is 7.25. The van der Waals surface area contributed by atoms with E-state index < -0.39 is 20.5 Å². The number of halogens is 1. The molecule has 0 saturated heterocycles. The Hall–Kier alpha value is -1.14. The molecular formula is C13H19ClO5S. The predicted molar refractivity (Wildman–Crippen MR) is 79.0 cm³/mol. The quantitative estimate of drug-likeness (QED) is 0.753. The van der Waals surface area contributed by atoms with Crippen molar-refractivity contribution >= 4 is 21.4 Å². The summed E-state index contributed by atoms with van der Waals surface area (Å²) in [6, 6.07) is 3.28. The Morgan fingerprint density at radius 3 is 1.80 bits per heavy atom. The van der Waals surface area contributed by atoms with Crippen molar-refractivity contribution in [2.24, 2.45) is 0 Å². The van der Waals surface area contributed by atoms with E-state index in [9.17, 15) is 8.42 Å². The highest BCUT2D eigenvalue weighted by Crippen LogP contribution is 2.43. The van der Waals surface area contributed by atoms with Gasteiger partial charge >= 0.3 is 0 Å². The van der Waals surface area contributed by atoms with Crippen molar-refractivity contribution in [1.82, 2.24) is 0 Å². The molecule has 0 amide bonds. The normalized spacial score (nSPS) is 14.5. The Balaban J connectivity index is 3.42. The van der Waals surface area contributed by atoms with Gasteiger partial charge in [0.25, 0.3) is 0 Å². The molecule has 2 atom stereocenters. The van der Waals surface area contributed by atoms with Gasteiger partial charge in [0.2, 0.25) is 0 Å². The molecule has 0 saturated carbocycles. The summed E-state index contributed by atoms with van der Waals surface area (Å²) in [7, 11) is 1.19. The van der Waals surface area contributed by atoms with Gasteiger partial charge in [-0.05, 0) is 6.92 Å². The second-order valence-electron chi connectivity index (χ2n) is 4.38. The molecule has 2 unspecified atom stereocenters.